The Morgan fingerprint density at radius 1 is 0.931 bits per heavy atom. The summed E-state index contributed by atoms with van der Waals surface area (Å²) in [5.74, 6) is 0.715. The fourth-order valence-corrected chi connectivity index (χ4v) is 5.19. The summed E-state index contributed by atoms with van der Waals surface area (Å²) in [6.07, 6.45) is 3.23. The smallest absolute Gasteiger partial charge is 0.213 e. The summed E-state index contributed by atoms with van der Waals surface area (Å²) in [6, 6.07) is 20.8. The van der Waals surface area contributed by atoms with E-state index in [1.54, 1.807) is 11.8 Å². The van der Waals surface area contributed by atoms with Gasteiger partial charge in [-0.05, 0) is 30.4 Å². The van der Waals surface area contributed by atoms with E-state index in [9.17, 15) is 0 Å². The fourth-order valence-electron chi connectivity index (χ4n) is 4.07. The molecule has 2 aliphatic rings. The molecule has 1 atom stereocenters. The largest absolute Gasteiger partial charge is 0.282 e. The van der Waals surface area contributed by atoms with Crippen molar-refractivity contribution in [1.29, 1.82) is 0 Å². The van der Waals surface area contributed by atoms with Crippen molar-refractivity contribution >= 4 is 17.5 Å². The Bertz CT molecular complexity index is 1210. The Balaban J connectivity index is 1.52. The first-order valence-electron chi connectivity index (χ1n) is 9.76. The lowest BCUT2D eigenvalue weighted by molar-refractivity contribution is 0.750. The molecule has 1 N–H and O–H groups in total. The van der Waals surface area contributed by atoms with Crippen LogP contribution in [0.15, 0.2) is 70.9 Å². The molecule has 6 rings (SSSR count). The Kier molecular flexibility index (Phi) is 3.87. The van der Waals surface area contributed by atoms with Crippen LogP contribution in [0, 0.1) is 0 Å². The van der Waals surface area contributed by atoms with Crippen LogP contribution in [0.25, 0.3) is 11.5 Å². The van der Waals surface area contributed by atoms with E-state index in [-0.39, 0.29) is 5.25 Å². The average Bonchev–Trinajstić information content (AvgIpc) is 3.50. The van der Waals surface area contributed by atoms with Gasteiger partial charge < -0.3 is 0 Å². The Morgan fingerprint density at radius 3 is 2.55 bits per heavy atom. The second kappa shape index (κ2) is 6.70. The summed E-state index contributed by atoms with van der Waals surface area (Å²) in [5, 5.41) is 22.5. The molecule has 0 spiro atoms. The predicted molar refractivity (Wildman–Crippen MR) is 113 cm³/mol. The third-order valence-corrected chi connectivity index (χ3v) is 6.68. The van der Waals surface area contributed by atoms with Gasteiger partial charge in [-0.25, -0.2) is 0 Å². The van der Waals surface area contributed by atoms with Gasteiger partial charge in [0.1, 0.15) is 5.69 Å². The van der Waals surface area contributed by atoms with Crippen LogP contribution in [0.3, 0.4) is 0 Å². The van der Waals surface area contributed by atoms with Gasteiger partial charge in [0, 0.05) is 11.3 Å². The number of benzene rings is 2. The molecular formula is C22H18N6S. The van der Waals surface area contributed by atoms with Crippen molar-refractivity contribution in [3.05, 3.63) is 83.0 Å². The van der Waals surface area contributed by atoms with Crippen LogP contribution in [-0.4, -0.2) is 30.8 Å². The highest BCUT2D eigenvalue weighted by Crippen LogP contribution is 2.42. The van der Waals surface area contributed by atoms with Crippen molar-refractivity contribution in [2.24, 2.45) is 5.10 Å². The number of nitrogens with one attached hydrogen (secondary N) is 1. The highest BCUT2D eigenvalue weighted by Gasteiger charge is 2.32. The third-order valence-electron chi connectivity index (χ3n) is 5.48. The summed E-state index contributed by atoms with van der Waals surface area (Å²) < 4.78 is 1.86. The number of nitrogens with zero attached hydrogens (tertiary/aromatic N) is 5. The van der Waals surface area contributed by atoms with E-state index in [1.165, 1.54) is 16.8 Å². The molecule has 0 radical (unpaired) electrons. The van der Waals surface area contributed by atoms with E-state index in [2.05, 4.69) is 56.8 Å². The van der Waals surface area contributed by atoms with E-state index in [0.29, 0.717) is 5.82 Å². The van der Waals surface area contributed by atoms with Crippen molar-refractivity contribution in [3.8, 4) is 11.5 Å². The first kappa shape index (κ1) is 16.7. The molecule has 0 amide bonds. The van der Waals surface area contributed by atoms with Gasteiger partial charge in [0.2, 0.25) is 11.0 Å². The SMILES string of the molecule is c1ccc(C2=Nn3c(nnc3-c3n[nH]c4c3CCC4)SC2c2ccccc2)cc1. The maximum atomic E-state index is 5.05. The standard InChI is InChI=1S/C22H18N6S/c1-3-8-14(9-4-1)18-20(15-10-5-2-6-11-15)29-22-26-25-21(28(22)27-18)19-16-12-7-13-17(16)23-24-19/h1-6,8-11,20H,7,12-13H2,(H,23,24). The second-order valence-electron chi connectivity index (χ2n) is 7.26. The van der Waals surface area contributed by atoms with E-state index in [0.717, 1.165) is 41.4 Å². The molecule has 7 heteroatoms. The Hall–Kier alpha value is -3.19. The number of fused-ring (bicyclic) bond motifs is 2. The van der Waals surface area contributed by atoms with E-state index < -0.39 is 0 Å². The van der Waals surface area contributed by atoms with Crippen LogP contribution in [0.5, 0.6) is 0 Å². The summed E-state index contributed by atoms with van der Waals surface area (Å²) >= 11 is 1.69. The maximum Gasteiger partial charge on any atom is 0.213 e. The van der Waals surface area contributed by atoms with Gasteiger partial charge >= 0.3 is 0 Å². The van der Waals surface area contributed by atoms with Crippen molar-refractivity contribution in [3.63, 3.8) is 0 Å². The van der Waals surface area contributed by atoms with Crippen molar-refractivity contribution in [2.45, 2.75) is 29.7 Å². The second-order valence-corrected chi connectivity index (χ2v) is 8.33. The van der Waals surface area contributed by atoms with Crippen LogP contribution < -0.4 is 0 Å². The summed E-state index contributed by atoms with van der Waals surface area (Å²) in [4.78, 5) is 0. The molecule has 2 aromatic heterocycles. The van der Waals surface area contributed by atoms with Crippen LogP contribution >= 0.6 is 11.8 Å². The molecule has 0 saturated heterocycles. The molecule has 4 aromatic rings. The highest BCUT2D eigenvalue weighted by atomic mass is 32.2. The van der Waals surface area contributed by atoms with Crippen LogP contribution in [-0.2, 0) is 12.8 Å². The minimum atomic E-state index is 0.0630. The highest BCUT2D eigenvalue weighted by molar-refractivity contribution is 8.00. The zero-order valence-electron chi connectivity index (χ0n) is 15.6. The molecule has 2 aromatic carbocycles. The zero-order valence-corrected chi connectivity index (χ0v) is 16.4. The quantitative estimate of drug-likeness (QED) is 0.560. The fraction of sp³-hybridized carbons (Fsp3) is 0.182. The average molecular weight is 398 g/mol. The molecule has 0 fully saturated rings. The third kappa shape index (κ3) is 2.73. The number of thioether (sulfide) groups is 1. The van der Waals surface area contributed by atoms with Crippen LogP contribution in [0.4, 0.5) is 0 Å². The maximum absolute atomic E-state index is 5.05. The molecule has 3 heterocycles. The first-order chi connectivity index (χ1) is 14.4. The van der Waals surface area contributed by atoms with Gasteiger partial charge in [0.05, 0.1) is 11.0 Å². The zero-order chi connectivity index (χ0) is 19.2. The Morgan fingerprint density at radius 2 is 1.72 bits per heavy atom. The van der Waals surface area contributed by atoms with Crippen molar-refractivity contribution in [2.75, 3.05) is 0 Å². The topological polar surface area (TPSA) is 71.8 Å². The van der Waals surface area contributed by atoms with Gasteiger partial charge in [0.15, 0.2) is 0 Å². The molecule has 1 unspecified atom stereocenters. The lowest BCUT2D eigenvalue weighted by Crippen LogP contribution is -2.18. The summed E-state index contributed by atoms with van der Waals surface area (Å²) in [7, 11) is 0. The Labute approximate surface area is 172 Å². The van der Waals surface area contributed by atoms with Gasteiger partial charge in [-0.1, -0.05) is 72.4 Å². The lowest BCUT2D eigenvalue weighted by Gasteiger charge is -2.23. The van der Waals surface area contributed by atoms with Gasteiger partial charge in [0.25, 0.3) is 0 Å². The van der Waals surface area contributed by atoms with Crippen LogP contribution in [0.2, 0.25) is 0 Å². The predicted octanol–water partition coefficient (Wildman–Crippen LogP) is 4.26. The molecule has 1 aliphatic carbocycles. The molecule has 6 nitrogen and oxygen atoms in total. The van der Waals surface area contributed by atoms with Crippen molar-refractivity contribution in [1.82, 2.24) is 25.1 Å². The first-order valence-corrected chi connectivity index (χ1v) is 10.6. The van der Waals surface area contributed by atoms with Crippen molar-refractivity contribution < 1.29 is 0 Å². The molecule has 142 valence electrons. The minimum Gasteiger partial charge on any atom is -0.282 e. The summed E-state index contributed by atoms with van der Waals surface area (Å²) in [6.45, 7) is 0. The number of aryl methyl sites for hydroxylation is 1. The molecule has 0 saturated carbocycles. The number of aromatic nitrogens is 5. The molecule has 29 heavy (non-hydrogen) atoms. The van der Waals surface area contributed by atoms with E-state index in [1.807, 2.05) is 28.9 Å². The molecular weight excluding hydrogens is 380 g/mol. The number of H-pyrrole nitrogens is 1. The van der Waals surface area contributed by atoms with Gasteiger partial charge in [-0.2, -0.15) is 14.9 Å². The molecule has 0 bridgehead atoms. The van der Waals surface area contributed by atoms with E-state index in [4.69, 9.17) is 5.10 Å². The molecule has 1 aliphatic heterocycles. The van der Waals surface area contributed by atoms with E-state index >= 15 is 0 Å². The minimum absolute atomic E-state index is 0.0630. The monoisotopic (exact) mass is 398 g/mol. The normalized spacial score (nSPS) is 17.7. The number of hydrogen-bond donors (Lipinski definition) is 1. The number of hydrogen-bond acceptors (Lipinski definition) is 5. The number of rotatable bonds is 3. The van der Waals surface area contributed by atoms with Gasteiger partial charge in [-0.3, -0.25) is 5.10 Å². The number of aromatic amines is 1. The van der Waals surface area contributed by atoms with Crippen LogP contribution in [0.1, 0.15) is 34.1 Å². The van der Waals surface area contributed by atoms with Gasteiger partial charge in [-0.15, -0.1) is 10.2 Å². The summed E-state index contributed by atoms with van der Waals surface area (Å²) in [5.41, 5.74) is 6.67. The lowest BCUT2D eigenvalue weighted by atomic mass is 10.0.